The number of likely N-dealkylation sites (tertiary alicyclic amines) is 1. The van der Waals surface area contributed by atoms with Gasteiger partial charge in [0.25, 0.3) is 5.91 Å². The lowest BCUT2D eigenvalue weighted by Crippen LogP contribution is -2.32. The predicted octanol–water partition coefficient (Wildman–Crippen LogP) is 1.17. The smallest absolute Gasteiger partial charge is 0.273 e. The van der Waals surface area contributed by atoms with E-state index in [1.54, 1.807) is 5.38 Å². The van der Waals surface area contributed by atoms with Gasteiger partial charge >= 0.3 is 0 Å². The number of ether oxygens (including phenoxy) is 1. The molecule has 1 unspecified atom stereocenters. The molecule has 124 valence electrons. The van der Waals surface area contributed by atoms with Gasteiger partial charge in [-0.15, -0.1) is 11.3 Å². The van der Waals surface area contributed by atoms with E-state index in [1.807, 2.05) is 4.90 Å². The molecule has 1 aromatic heterocycles. The van der Waals surface area contributed by atoms with Crippen LogP contribution in [0.15, 0.2) is 5.38 Å². The van der Waals surface area contributed by atoms with Crippen LogP contribution in [-0.4, -0.2) is 66.1 Å². The number of likely N-dealkylation sites (N-methyl/N-ethyl adjacent to an activating group) is 1. The quantitative estimate of drug-likeness (QED) is 0.776. The van der Waals surface area contributed by atoms with Crippen LogP contribution in [0.5, 0.6) is 0 Å². The number of hydrogen-bond donors (Lipinski definition) is 1. The van der Waals surface area contributed by atoms with Gasteiger partial charge in [-0.2, -0.15) is 0 Å². The van der Waals surface area contributed by atoms with Crippen LogP contribution in [-0.2, 0) is 11.3 Å². The molecule has 0 saturated carbocycles. The summed E-state index contributed by atoms with van der Waals surface area (Å²) >= 11 is 1.44. The van der Waals surface area contributed by atoms with Crippen LogP contribution >= 0.6 is 11.3 Å². The van der Waals surface area contributed by atoms with Crippen LogP contribution in [0.4, 0.5) is 0 Å². The molecule has 1 aliphatic heterocycles. The highest BCUT2D eigenvalue weighted by Crippen LogP contribution is 2.17. The Hall–Kier alpha value is -1.02. The number of aromatic nitrogens is 1. The molecule has 2 heterocycles. The van der Waals surface area contributed by atoms with E-state index in [1.165, 1.54) is 11.3 Å². The van der Waals surface area contributed by atoms with Crippen molar-refractivity contribution in [3.05, 3.63) is 16.1 Å². The summed E-state index contributed by atoms with van der Waals surface area (Å²) in [7, 11) is 0. The minimum atomic E-state index is -0.00853. The molecule has 1 amide bonds. The number of hydrogen-bond acceptors (Lipinski definition) is 6. The lowest BCUT2D eigenvalue weighted by Gasteiger charge is -2.20. The minimum absolute atomic E-state index is 0.00853. The molecule has 0 radical (unpaired) electrons. The first kappa shape index (κ1) is 17.3. The van der Waals surface area contributed by atoms with E-state index >= 15 is 0 Å². The normalized spacial score (nSPS) is 18.4. The molecule has 0 spiro atoms. The fourth-order valence-corrected chi connectivity index (χ4v) is 3.25. The monoisotopic (exact) mass is 326 g/mol. The van der Waals surface area contributed by atoms with Crippen LogP contribution in [0.3, 0.4) is 0 Å². The van der Waals surface area contributed by atoms with Crippen LogP contribution in [0.1, 0.15) is 35.8 Å². The van der Waals surface area contributed by atoms with Gasteiger partial charge in [0, 0.05) is 31.6 Å². The van der Waals surface area contributed by atoms with E-state index in [0.29, 0.717) is 18.8 Å². The zero-order valence-electron chi connectivity index (χ0n) is 13.5. The highest BCUT2D eigenvalue weighted by Gasteiger charge is 2.28. The number of rotatable bonds is 8. The van der Waals surface area contributed by atoms with Crippen molar-refractivity contribution in [3.63, 3.8) is 0 Å². The second-order valence-corrected chi connectivity index (χ2v) is 6.33. The van der Waals surface area contributed by atoms with Gasteiger partial charge in [-0.05, 0) is 19.5 Å². The van der Waals surface area contributed by atoms with Crippen molar-refractivity contribution in [1.82, 2.24) is 14.8 Å². The van der Waals surface area contributed by atoms with E-state index in [4.69, 9.17) is 10.5 Å². The van der Waals surface area contributed by atoms with Gasteiger partial charge in [0.05, 0.1) is 12.7 Å². The third-order valence-corrected chi connectivity index (χ3v) is 4.90. The Morgan fingerprint density at radius 2 is 2.32 bits per heavy atom. The lowest BCUT2D eigenvalue weighted by molar-refractivity contribution is 0.0419. The third-order valence-electron chi connectivity index (χ3n) is 4.03. The fourth-order valence-electron chi connectivity index (χ4n) is 2.60. The summed E-state index contributed by atoms with van der Waals surface area (Å²) in [5.41, 5.74) is 6.05. The third kappa shape index (κ3) is 4.49. The van der Waals surface area contributed by atoms with Crippen LogP contribution < -0.4 is 5.73 Å². The first-order valence-corrected chi connectivity index (χ1v) is 8.83. The molecular formula is C15H26N4O2S. The molecule has 0 aromatic carbocycles. The van der Waals surface area contributed by atoms with Crippen LogP contribution in [0, 0.1) is 0 Å². The van der Waals surface area contributed by atoms with Crippen molar-refractivity contribution in [2.24, 2.45) is 5.73 Å². The minimum Gasteiger partial charge on any atom is -0.375 e. The van der Waals surface area contributed by atoms with Crippen LogP contribution in [0.2, 0.25) is 0 Å². The van der Waals surface area contributed by atoms with E-state index in [2.05, 4.69) is 23.7 Å². The summed E-state index contributed by atoms with van der Waals surface area (Å²) in [5.74, 6) is -0.00853. The highest BCUT2D eigenvalue weighted by molar-refractivity contribution is 7.09. The standard InChI is InChI=1S/C15H26N4O2S/c1-3-18(4-2)7-8-21-12-5-6-19(10-12)15(20)13-11-22-14(9-16)17-13/h11-12H,3-10,16H2,1-2H3. The molecule has 2 rings (SSSR count). The second kappa shape index (κ2) is 8.57. The molecule has 1 aromatic rings. The number of carbonyl (C=O) groups is 1. The van der Waals surface area contributed by atoms with Crippen molar-refractivity contribution < 1.29 is 9.53 Å². The topological polar surface area (TPSA) is 71.7 Å². The number of thiazole rings is 1. The van der Waals surface area contributed by atoms with E-state index in [0.717, 1.165) is 44.2 Å². The molecule has 22 heavy (non-hydrogen) atoms. The first-order valence-electron chi connectivity index (χ1n) is 7.95. The maximum atomic E-state index is 12.4. The molecule has 1 saturated heterocycles. The Bertz CT molecular complexity index is 476. The molecule has 7 heteroatoms. The number of amides is 1. The van der Waals surface area contributed by atoms with Gasteiger partial charge in [-0.3, -0.25) is 4.79 Å². The second-order valence-electron chi connectivity index (χ2n) is 5.39. The molecule has 1 atom stereocenters. The number of nitrogens with two attached hydrogens (primary N) is 1. The van der Waals surface area contributed by atoms with Crippen molar-refractivity contribution in [2.45, 2.75) is 32.9 Å². The Kier molecular flexibility index (Phi) is 6.75. The van der Waals surface area contributed by atoms with E-state index in [9.17, 15) is 4.79 Å². The van der Waals surface area contributed by atoms with Gasteiger partial charge in [0.1, 0.15) is 10.7 Å². The maximum Gasteiger partial charge on any atom is 0.273 e. The lowest BCUT2D eigenvalue weighted by atomic mass is 10.3. The van der Waals surface area contributed by atoms with E-state index in [-0.39, 0.29) is 12.0 Å². The number of nitrogens with zero attached hydrogens (tertiary/aromatic N) is 3. The summed E-state index contributed by atoms with van der Waals surface area (Å²) < 4.78 is 5.91. The van der Waals surface area contributed by atoms with Crippen molar-refractivity contribution in [1.29, 1.82) is 0 Å². The van der Waals surface area contributed by atoms with Crippen molar-refractivity contribution >= 4 is 17.2 Å². The predicted molar refractivity (Wildman–Crippen MR) is 88.1 cm³/mol. The Morgan fingerprint density at radius 3 is 2.95 bits per heavy atom. The highest BCUT2D eigenvalue weighted by atomic mass is 32.1. The summed E-state index contributed by atoms with van der Waals surface area (Å²) in [6.45, 7) is 9.86. The summed E-state index contributed by atoms with van der Waals surface area (Å²) in [5, 5.41) is 2.59. The molecule has 1 aliphatic rings. The zero-order valence-corrected chi connectivity index (χ0v) is 14.3. The summed E-state index contributed by atoms with van der Waals surface area (Å²) in [6.07, 6.45) is 1.05. The average Bonchev–Trinajstić information content (AvgIpc) is 3.20. The van der Waals surface area contributed by atoms with E-state index < -0.39 is 0 Å². The van der Waals surface area contributed by atoms with Gasteiger partial charge < -0.3 is 20.3 Å². The molecule has 0 aliphatic carbocycles. The first-order chi connectivity index (χ1) is 10.7. The molecule has 6 nitrogen and oxygen atoms in total. The number of carbonyl (C=O) groups excluding carboxylic acids is 1. The molecule has 1 fully saturated rings. The SMILES string of the molecule is CCN(CC)CCOC1CCN(C(=O)c2csc(CN)n2)C1. The van der Waals surface area contributed by atoms with Crippen molar-refractivity contribution in [2.75, 3.05) is 39.3 Å². The Labute approximate surface area is 136 Å². The maximum absolute atomic E-state index is 12.4. The van der Waals surface area contributed by atoms with Crippen molar-refractivity contribution in [3.8, 4) is 0 Å². The summed E-state index contributed by atoms with van der Waals surface area (Å²) in [4.78, 5) is 20.8. The summed E-state index contributed by atoms with van der Waals surface area (Å²) in [6, 6.07) is 0. The fraction of sp³-hybridized carbons (Fsp3) is 0.733. The van der Waals surface area contributed by atoms with Gasteiger partial charge in [0.15, 0.2) is 0 Å². The molecule has 2 N–H and O–H groups in total. The molecular weight excluding hydrogens is 300 g/mol. The van der Waals surface area contributed by atoms with Gasteiger partial charge in [-0.25, -0.2) is 4.98 Å². The van der Waals surface area contributed by atoms with Gasteiger partial charge in [-0.1, -0.05) is 13.8 Å². The molecule has 0 bridgehead atoms. The Balaban J connectivity index is 1.76. The Morgan fingerprint density at radius 1 is 1.55 bits per heavy atom. The largest absolute Gasteiger partial charge is 0.375 e. The average molecular weight is 326 g/mol. The van der Waals surface area contributed by atoms with Gasteiger partial charge in [0.2, 0.25) is 0 Å². The zero-order chi connectivity index (χ0) is 15.9. The van der Waals surface area contributed by atoms with Crippen LogP contribution in [0.25, 0.3) is 0 Å².